The molecule has 0 spiro atoms. The summed E-state index contributed by atoms with van der Waals surface area (Å²) in [7, 11) is 1.84. The summed E-state index contributed by atoms with van der Waals surface area (Å²) in [5, 5.41) is 3.46. The molecule has 1 N–H and O–H groups in total. The smallest absolute Gasteiger partial charge is 0.193 e. The molecule has 0 bridgehead atoms. The van der Waals surface area contributed by atoms with Crippen LogP contribution in [0.5, 0.6) is 0 Å². The first-order chi connectivity index (χ1) is 11.1. The van der Waals surface area contributed by atoms with Crippen LogP contribution in [0.3, 0.4) is 0 Å². The monoisotopic (exact) mass is 440 g/mol. The first-order valence-electron chi connectivity index (χ1n) is 7.96. The molecule has 0 aliphatic carbocycles. The number of pyridine rings is 1. The lowest BCUT2D eigenvalue weighted by Crippen LogP contribution is -2.40. The summed E-state index contributed by atoms with van der Waals surface area (Å²) < 4.78 is 1.90. The maximum Gasteiger partial charge on any atom is 0.193 e. The summed E-state index contributed by atoms with van der Waals surface area (Å²) in [5.41, 5.74) is 1.53. The first kappa shape index (κ1) is 18.7. The predicted octanol–water partition coefficient (Wildman–Crippen LogP) is 2.69. The molecule has 2 aromatic rings. The fourth-order valence-electron chi connectivity index (χ4n) is 2.91. The Kier molecular flexibility index (Phi) is 6.20. The third-order valence-corrected chi connectivity index (χ3v) is 4.22. The molecule has 3 heterocycles. The van der Waals surface area contributed by atoms with Crippen LogP contribution in [0, 0.1) is 5.41 Å². The second-order valence-electron chi connectivity index (χ2n) is 6.73. The number of rotatable bonds is 3. The molecule has 0 aromatic carbocycles. The van der Waals surface area contributed by atoms with Crippen molar-refractivity contribution in [3.05, 3.63) is 42.6 Å². The van der Waals surface area contributed by atoms with Gasteiger partial charge in [-0.3, -0.25) is 9.56 Å². The zero-order chi connectivity index (χ0) is 16.3. The number of aromatic nitrogens is 3. The van der Waals surface area contributed by atoms with Crippen LogP contribution in [0.1, 0.15) is 25.8 Å². The third kappa shape index (κ3) is 4.46. The summed E-state index contributed by atoms with van der Waals surface area (Å²) in [6.45, 7) is 7.45. The molecule has 1 aliphatic heterocycles. The zero-order valence-electron chi connectivity index (χ0n) is 14.4. The van der Waals surface area contributed by atoms with E-state index in [2.05, 4.69) is 45.1 Å². The van der Waals surface area contributed by atoms with Gasteiger partial charge >= 0.3 is 0 Å². The minimum absolute atomic E-state index is 0. The molecule has 2 aromatic heterocycles. The van der Waals surface area contributed by atoms with Crippen molar-refractivity contribution in [1.29, 1.82) is 0 Å². The molecular weight excluding hydrogens is 415 g/mol. The van der Waals surface area contributed by atoms with Gasteiger partial charge in [0.05, 0.1) is 0 Å². The van der Waals surface area contributed by atoms with E-state index in [-0.39, 0.29) is 24.0 Å². The molecule has 0 unspecified atom stereocenters. The Morgan fingerprint density at radius 1 is 1.38 bits per heavy atom. The Labute approximate surface area is 160 Å². The maximum atomic E-state index is 4.42. The van der Waals surface area contributed by atoms with Crippen LogP contribution >= 0.6 is 24.0 Å². The quantitative estimate of drug-likeness (QED) is 0.453. The largest absolute Gasteiger partial charge is 0.352 e. The maximum absolute atomic E-state index is 4.42. The molecule has 0 saturated carbocycles. The van der Waals surface area contributed by atoms with Crippen molar-refractivity contribution in [2.75, 3.05) is 20.1 Å². The Morgan fingerprint density at radius 3 is 2.83 bits per heavy atom. The highest BCUT2D eigenvalue weighted by Crippen LogP contribution is 2.28. The van der Waals surface area contributed by atoms with Crippen molar-refractivity contribution in [3.8, 4) is 5.82 Å². The van der Waals surface area contributed by atoms with E-state index in [4.69, 9.17) is 0 Å². The Bertz CT molecular complexity index is 680. The van der Waals surface area contributed by atoms with Crippen LogP contribution in [0.2, 0.25) is 0 Å². The molecule has 7 heteroatoms. The van der Waals surface area contributed by atoms with Crippen LogP contribution < -0.4 is 5.32 Å². The molecule has 1 saturated heterocycles. The number of imidazole rings is 1. The van der Waals surface area contributed by atoms with E-state index in [9.17, 15) is 0 Å². The number of halogens is 1. The van der Waals surface area contributed by atoms with Crippen LogP contribution in [-0.4, -0.2) is 45.5 Å². The summed E-state index contributed by atoms with van der Waals surface area (Å²) in [6, 6.07) is 4.09. The SMILES string of the molecule is CN=C(NCc1ccnc(-n2ccnc2)c1)N1CCC(C)(C)C1.I. The molecule has 1 fully saturated rings. The van der Waals surface area contributed by atoms with E-state index < -0.39 is 0 Å². The molecule has 1 aliphatic rings. The minimum Gasteiger partial charge on any atom is -0.352 e. The van der Waals surface area contributed by atoms with Gasteiger partial charge in [0.1, 0.15) is 12.1 Å². The highest BCUT2D eigenvalue weighted by atomic mass is 127. The fourth-order valence-corrected chi connectivity index (χ4v) is 2.91. The Hall–Kier alpha value is -1.64. The predicted molar refractivity (Wildman–Crippen MR) is 107 cm³/mol. The van der Waals surface area contributed by atoms with Gasteiger partial charge in [-0.25, -0.2) is 9.97 Å². The van der Waals surface area contributed by atoms with Gasteiger partial charge in [0, 0.05) is 45.3 Å². The second kappa shape index (κ2) is 7.96. The van der Waals surface area contributed by atoms with Gasteiger partial charge in [0.25, 0.3) is 0 Å². The number of nitrogens with zero attached hydrogens (tertiary/aromatic N) is 5. The highest BCUT2D eigenvalue weighted by Gasteiger charge is 2.30. The van der Waals surface area contributed by atoms with Crippen LogP contribution in [0.25, 0.3) is 5.82 Å². The standard InChI is InChI=1S/C17H24N6.HI/c1-17(2)5-8-22(12-17)16(18-3)21-11-14-4-6-20-15(10-14)23-9-7-19-13-23;/h4,6-7,9-10,13H,5,8,11-12H2,1-3H3,(H,18,21);1H. The van der Waals surface area contributed by atoms with Gasteiger partial charge in [-0.15, -0.1) is 24.0 Å². The van der Waals surface area contributed by atoms with E-state index in [1.165, 1.54) is 12.0 Å². The van der Waals surface area contributed by atoms with E-state index in [0.29, 0.717) is 5.41 Å². The summed E-state index contributed by atoms with van der Waals surface area (Å²) >= 11 is 0. The van der Waals surface area contributed by atoms with Crippen molar-refractivity contribution in [2.24, 2.45) is 10.4 Å². The lowest BCUT2D eigenvalue weighted by Gasteiger charge is -2.23. The van der Waals surface area contributed by atoms with Crippen LogP contribution in [0.15, 0.2) is 42.0 Å². The van der Waals surface area contributed by atoms with Crippen molar-refractivity contribution in [1.82, 2.24) is 24.8 Å². The molecule has 3 rings (SSSR count). The molecular formula is C17H25IN6. The number of nitrogens with one attached hydrogen (secondary N) is 1. The zero-order valence-corrected chi connectivity index (χ0v) is 16.8. The lowest BCUT2D eigenvalue weighted by molar-refractivity contribution is 0.370. The summed E-state index contributed by atoms with van der Waals surface area (Å²) in [4.78, 5) is 15.2. The molecule has 130 valence electrons. The van der Waals surface area contributed by atoms with Crippen LogP contribution in [0.4, 0.5) is 0 Å². The minimum atomic E-state index is 0. The van der Waals surface area contributed by atoms with Crippen LogP contribution in [-0.2, 0) is 6.54 Å². The highest BCUT2D eigenvalue weighted by molar-refractivity contribution is 14.0. The fraction of sp³-hybridized carbons (Fsp3) is 0.471. The number of aliphatic imine (C=N–C) groups is 1. The summed E-state index contributed by atoms with van der Waals surface area (Å²) in [6.07, 6.45) is 8.43. The average molecular weight is 440 g/mol. The second-order valence-corrected chi connectivity index (χ2v) is 6.73. The molecule has 0 atom stereocenters. The molecule has 0 amide bonds. The molecule has 6 nitrogen and oxygen atoms in total. The normalized spacial score (nSPS) is 16.8. The molecule has 24 heavy (non-hydrogen) atoms. The lowest BCUT2D eigenvalue weighted by atomic mass is 9.93. The number of likely N-dealkylation sites (tertiary alicyclic amines) is 1. The first-order valence-corrected chi connectivity index (χ1v) is 7.96. The Balaban J connectivity index is 0.00000208. The van der Waals surface area contributed by atoms with Gasteiger partial charge in [-0.05, 0) is 29.5 Å². The number of hydrogen-bond donors (Lipinski definition) is 1. The van der Waals surface area contributed by atoms with E-state index >= 15 is 0 Å². The van der Waals surface area contributed by atoms with Crippen molar-refractivity contribution in [2.45, 2.75) is 26.8 Å². The third-order valence-electron chi connectivity index (χ3n) is 4.22. The van der Waals surface area contributed by atoms with Crippen molar-refractivity contribution in [3.63, 3.8) is 0 Å². The van der Waals surface area contributed by atoms with Gasteiger partial charge < -0.3 is 10.2 Å². The average Bonchev–Trinajstić information content (AvgIpc) is 3.18. The van der Waals surface area contributed by atoms with E-state index in [0.717, 1.165) is 31.4 Å². The summed E-state index contributed by atoms with van der Waals surface area (Å²) in [5.74, 6) is 1.84. The van der Waals surface area contributed by atoms with Gasteiger partial charge in [-0.1, -0.05) is 13.8 Å². The van der Waals surface area contributed by atoms with Gasteiger partial charge in [0.2, 0.25) is 0 Å². The number of hydrogen-bond acceptors (Lipinski definition) is 3. The molecule has 0 radical (unpaired) electrons. The van der Waals surface area contributed by atoms with Gasteiger partial charge in [0.15, 0.2) is 5.96 Å². The van der Waals surface area contributed by atoms with Crippen molar-refractivity contribution >= 4 is 29.9 Å². The van der Waals surface area contributed by atoms with E-state index in [1.807, 2.05) is 30.1 Å². The number of guanidine groups is 1. The topological polar surface area (TPSA) is 58.3 Å². The van der Waals surface area contributed by atoms with Gasteiger partial charge in [-0.2, -0.15) is 0 Å². The van der Waals surface area contributed by atoms with Crippen molar-refractivity contribution < 1.29 is 0 Å². The van der Waals surface area contributed by atoms with E-state index in [1.54, 1.807) is 12.5 Å². The Morgan fingerprint density at radius 2 is 2.21 bits per heavy atom.